The lowest BCUT2D eigenvalue weighted by Crippen LogP contribution is -2.45. The first-order valence-corrected chi connectivity index (χ1v) is 10.4. The number of amides is 2. The summed E-state index contributed by atoms with van der Waals surface area (Å²) in [5.74, 6) is -1.01. The van der Waals surface area contributed by atoms with E-state index in [-0.39, 0.29) is 24.0 Å². The number of nitrogens with zero attached hydrogens (tertiary/aromatic N) is 3. The van der Waals surface area contributed by atoms with Crippen LogP contribution in [0.25, 0.3) is 0 Å². The molecular formula is C25H21N3O3. The molecule has 0 spiro atoms. The van der Waals surface area contributed by atoms with E-state index in [1.165, 1.54) is 11.9 Å². The number of anilines is 2. The van der Waals surface area contributed by atoms with Gasteiger partial charge in [0, 0.05) is 18.4 Å². The molecule has 0 aliphatic carbocycles. The van der Waals surface area contributed by atoms with Crippen molar-refractivity contribution in [1.29, 1.82) is 0 Å². The van der Waals surface area contributed by atoms with Crippen molar-refractivity contribution in [3.8, 4) is 0 Å². The second kappa shape index (κ2) is 6.77. The SMILES string of the molecule is CN1C(=O)[C@H]2[C@H](ON3[C@H](c4ccccc4)N(c4ccccc4)c4ccccc4[C@@H]23)C1=O. The van der Waals surface area contributed by atoms with Crippen LogP contribution < -0.4 is 4.90 Å². The van der Waals surface area contributed by atoms with Crippen molar-refractivity contribution < 1.29 is 14.4 Å². The average Bonchev–Trinajstić information content (AvgIpc) is 3.31. The van der Waals surface area contributed by atoms with Crippen molar-refractivity contribution in [2.45, 2.75) is 18.3 Å². The van der Waals surface area contributed by atoms with Crippen molar-refractivity contribution in [2.75, 3.05) is 11.9 Å². The third-order valence-electron chi connectivity index (χ3n) is 6.50. The Labute approximate surface area is 180 Å². The van der Waals surface area contributed by atoms with Gasteiger partial charge in [-0.05, 0) is 29.3 Å². The molecule has 0 N–H and O–H groups in total. The number of imide groups is 1. The second-order valence-corrected chi connectivity index (χ2v) is 8.14. The van der Waals surface area contributed by atoms with Gasteiger partial charge in [0.15, 0.2) is 6.10 Å². The van der Waals surface area contributed by atoms with Crippen molar-refractivity contribution in [3.63, 3.8) is 0 Å². The molecule has 0 saturated carbocycles. The van der Waals surface area contributed by atoms with Gasteiger partial charge in [-0.2, -0.15) is 5.06 Å². The lowest BCUT2D eigenvalue weighted by molar-refractivity contribution is -0.200. The van der Waals surface area contributed by atoms with Crippen LogP contribution in [0.4, 0.5) is 11.4 Å². The molecule has 2 saturated heterocycles. The number of para-hydroxylation sites is 2. The van der Waals surface area contributed by atoms with E-state index in [4.69, 9.17) is 4.84 Å². The number of carbonyl (C=O) groups is 2. The molecule has 3 aromatic carbocycles. The Morgan fingerprint density at radius 2 is 1.42 bits per heavy atom. The highest BCUT2D eigenvalue weighted by Crippen LogP contribution is 2.56. The maximum atomic E-state index is 13.0. The summed E-state index contributed by atoms with van der Waals surface area (Å²) in [6.07, 6.45) is -1.11. The van der Waals surface area contributed by atoms with E-state index in [2.05, 4.69) is 35.2 Å². The molecule has 0 aromatic heterocycles. The number of carbonyl (C=O) groups excluding carboxylic acids is 2. The number of likely N-dealkylation sites (tertiary alicyclic amines) is 1. The van der Waals surface area contributed by atoms with Crippen LogP contribution in [0.5, 0.6) is 0 Å². The van der Waals surface area contributed by atoms with E-state index in [0.29, 0.717) is 0 Å². The standard InChI is InChI=1S/C25H21N3O3/c1-26-24(29)20-21-18-14-8-9-15-19(18)27(17-12-6-3-7-13-17)23(16-10-4-2-5-11-16)28(21)31-22(20)25(26)30/h2-15,20-23H,1H3/t20-,21+,22+,23-/m1/s1. The first-order chi connectivity index (χ1) is 15.2. The third kappa shape index (κ3) is 2.52. The summed E-state index contributed by atoms with van der Waals surface area (Å²) in [5.41, 5.74) is 4.04. The lowest BCUT2D eigenvalue weighted by Gasteiger charge is -2.47. The van der Waals surface area contributed by atoms with E-state index in [0.717, 1.165) is 22.5 Å². The maximum absolute atomic E-state index is 13.0. The van der Waals surface area contributed by atoms with Gasteiger partial charge in [-0.25, -0.2) is 0 Å². The number of benzene rings is 3. The predicted octanol–water partition coefficient (Wildman–Crippen LogP) is 3.81. The van der Waals surface area contributed by atoms with Crippen LogP contribution in [-0.2, 0) is 14.4 Å². The molecule has 6 nitrogen and oxygen atoms in total. The van der Waals surface area contributed by atoms with Gasteiger partial charge in [-0.1, -0.05) is 66.7 Å². The van der Waals surface area contributed by atoms with E-state index in [9.17, 15) is 9.59 Å². The van der Waals surface area contributed by atoms with Crippen LogP contribution in [0.1, 0.15) is 23.3 Å². The molecule has 3 aliphatic rings. The number of hydroxylamine groups is 2. The van der Waals surface area contributed by atoms with Crippen LogP contribution in [-0.4, -0.2) is 34.9 Å². The molecule has 3 aromatic rings. The molecule has 31 heavy (non-hydrogen) atoms. The van der Waals surface area contributed by atoms with E-state index in [1.54, 1.807) is 0 Å². The molecular weight excluding hydrogens is 390 g/mol. The van der Waals surface area contributed by atoms with Gasteiger partial charge in [0.05, 0.1) is 12.0 Å². The number of hydrogen-bond acceptors (Lipinski definition) is 5. The monoisotopic (exact) mass is 411 g/mol. The van der Waals surface area contributed by atoms with E-state index < -0.39 is 12.0 Å². The Balaban J connectivity index is 1.60. The van der Waals surface area contributed by atoms with Gasteiger partial charge in [-0.3, -0.25) is 19.3 Å². The summed E-state index contributed by atoms with van der Waals surface area (Å²) in [6.45, 7) is 0. The number of rotatable bonds is 2. The molecule has 6 heteroatoms. The third-order valence-corrected chi connectivity index (χ3v) is 6.50. The topological polar surface area (TPSA) is 53.1 Å². The Kier molecular flexibility index (Phi) is 4.00. The summed E-state index contributed by atoms with van der Waals surface area (Å²) in [5, 5.41) is 1.86. The number of likely N-dealkylation sites (N-methyl/N-ethyl adjacent to an activating group) is 1. The average molecular weight is 411 g/mol. The summed E-state index contributed by atoms with van der Waals surface area (Å²) >= 11 is 0. The number of hydrogen-bond donors (Lipinski definition) is 0. The van der Waals surface area contributed by atoms with Gasteiger partial charge in [0.25, 0.3) is 5.91 Å². The van der Waals surface area contributed by atoms with Gasteiger partial charge in [0.1, 0.15) is 6.17 Å². The zero-order valence-corrected chi connectivity index (χ0v) is 17.0. The first kappa shape index (κ1) is 18.3. The van der Waals surface area contributed by atoms with Crippen LogP contribution >= 0.6 is 0 Å². The van der Waals surface area contributed by atoms with Crippen LogP contribution in [0.2, 0.25) is 0 Å². The Morgan fingerprint density at radius 1 is 0.774 bits per heavy atom. The van der Waals surface area contributed by atoms with Crippen LogP contribution in [0, 0.1) is 5.92 Å². The van der Waals surface area contributed by atoms with E-state index >= 15 is 0 Å². The number of fused-ring (bicyclic) bond motifs is 5. The van der Waals surface area contributed by atoms with Gasteiger partial charge in [-0.15, -0.1) is 0 Å². The molecule has 0 radical (unpaired) electrons. The minimum Gasteiger partial charge on any atom is -0.319 e. The minimum absolute atomic E-state index is 0.183. The van der Waals surface area contributed by atoms with Crippen molar-refractivity contribution in [2.24, 2.45) is 5.92 Å². The fourth-order valence-electron chi connectivity index (χ4n) is 5.11. The highest BCUT2D eigenvalue weighted by Gasteiger charge is 2.62. The summed E-state index contributed by atoms with van der Waals surface area (Å²) in [7, 11) is 1.54. The first-order valence-electron chi connectivity index (χ1n) is 10.4. The predicted molar refractivity (Wildman–Crippen MR) is 115 cm³/mol. The van der Waals surface area contributed by atoms with Gasteiger partial charge < -0.3 is 4.90 Å². The zero-order chi connectivity index (χ0) is 21.1. The molecule has 2 amide bonds. The fraction of sp³-hybridized carbons (Fsp3) is 0.200. The quantitative estimate of drug-likeness (QED) is 0.601. The molecule has 0 unspecified atom stereocenters. The van der Waals surface area contributed by atoms with E-state index in [1.807, 2.05) is 59.7 Å². The lowest BCUT2D eigenvalue weighted by atomic mass is 9.86. The molecule has 2 fully saturated rings. The Bertz CT molecular complexity index is 1170. The molecule has 154 valence electrons. The van der Waals surface area contributed by atoms with Gasteiger partial charge in [0.2, 0.25) is 5.91 Å². The molecule has 0 bridgehead atoms. The molecule has 3 aliphatic heterocycles. The Hall–Kier alpha value is -3.48. The van der Waals surface area contributed by atoms with Crippen LogP contribution in [0.3, 0.4) is 0 Å². The highest BCUT2D eigenvalue weighted by molar-refractivity contribution is 6.07. The Morgan fingerprint density at radius 3 is 2.16 bits per heavy atom. The second-order valence-electron chi connectivity index (χ2n) is 8.14. The highest BCUT2D eigenvalue weighted by atomic mass is 16.7. The zero-order valence-electron chi connectivity index (χ0n) is 17.0. The minimum atomic E-state index is -0.794. The molecule has 4 atom stereocenters. The summed E-state index contributed by atoms with van der Waals surface area (Å²) in [4.78, 5) is 35.6. The summed E-state index contributed by atoms with van der Waals surface area (Å²) < 4.78 is 0. The largest absolute Gasteiger partial charge is 0.319 e. The van der Waals surface area contributed by atoms with Crippen molar-refractivity contribution in [3.05, 3.63) is 96.1 Å². The maximum Gasteiger partial charge on any atom is 0.261 e. The van der Waals surface area contributed by atoms with Crippen LogP contribution in [0.15, 0.2) is 84.9 Å². The van der Waals surface area contributed by atoms with Crippen molar-refractivity contribution in [1.82, 2.24) is 9.96 Å². The molecule has 6 rings (SSSR count). The normalized spacial score (nSPS) is 27.3. The van der Waals surface area contributed by atoms with Crippen molar-refractivity contribution >= 4 is 23.2 Å². The molecule has 3 heterocycles. The van der Waals surface area contributed by atoms with Gasteiger partial charge >= 0.3 is 0 Å². The summed E-state index contributed by atoms with van der Waals surface area (Å²) in [6, 6.07) is 28.0. The fourth-order valence-corrected chi connectivity index (χ4v) is 5.11. The smallest absolute Gasteiger partial charge is 0.261 e.